The summed E-state index contributed by atoms with van der Waals surface area (Å²) in [5.41, 5.74) is 0. The third-order valence-electron chi connectivity index (χ3n) is 4.31. The Morgan fingerprint density at radius 2 is 1.81 bits per heavy atom. The highest BCUT2D eigenvalue weighted by molar-refractivity contribution is 5.95. The lowest BCUT2D eigenvalue weighted by molar-refractivity contribution is -0.157. The van der Waals surface area contributed by atoms with E-state index in [4.69, 9.17) is 14.2 Å². The van der Waals surface area contributed by atoms with E-state index in [2.05, 4.69) is 10.6 Å². The average molecular weight is 362 g/mol. The Labute approximate surface area is 151 Å². The summed E-state index contributed by atoms with van der Waals surface area (Å²) < 4.78 is 15.8. The van der Waals surface area contributed by atoms with Crippen LogP contribution < -0.4 is 20.1 Å². The zero-order chi connectivity index (χ0) is 18.4. The molecule has 1 aliphatic carbocycles. The third-order valence-corrected chi connectivity index (χ3v) is 4.31. The molecule has 1 atom stereocenters. The van der Waals surface area contributed by atoms with E-state index in [0.717, 1.165) is 25.7 Å². The van der Waals surface area contributed by atoms with E-state index in [0.29, 0.717) is 11.5 Å². The van der Waals surface area contributed by atoms with Crippen LogP contribution in [0.15, 0.2) is 24.3 Å². The summed E-state index contributed by atoms with van der Waals surface area (Å²) in [6, 6.07) is 6.49. The molecular weight excluding hydrogens is 340 g/mol. The number of para-hydroxylation sites is 2. The van der Waals surface area contributed by atoms with Crippen LogP contribution in [0.3, 0.4) is 0 Å². The van der Waals surface area contributed by atoms with E-state index >= 15 is 0 Å². The lowest BCUT2D eigenvalue weighted by Crippen LogP contribution is -2.47. The van der Waals surface area contributed by atoms with Crippen LogP contribution in [0.4, 0.5) is 4.79 Å². The Hall–Kier alpha value is -2.77. The van der Waals surface area contributed by atoms with Gasteiger partial charge in [0.05, 0.1) is 0 Å². The molecular formula is C18H22N2O6. The first kappa shape index (κ1) is 18.0. The number of carbonyl (C=O) groups excluding carboxylic acids is 3. The average Bonchev–Trinajstić information content (AvgIpc) is 2.66. The number of hydrogen-bond donors (Lipinski definition) is 2. The molecule has 0 aromatic heterocycles. The van der Waals surface area contributed by atoms with Crippen LogP contribution in [-0.2, 0) is 14.3 Å². The minimum atomic E-state index is -0.950. The molecule has 0 spiro atoms. The van der Waals surface area contributed by atoms with Crippen molar-refractivity contribution < 1.29 is 28.6 Å². The van der Waals surface area contributed by atoms with Gasteiger partial charge in [-0.2, -0.15) is 0 Å². The summed E-state index contributed by atoms with van der Waals surface area (Å²) in [6.45, 7) is -0.557. The van der Waals surface area contributed by atoms with Crippen LogP contribution in [0.2, 0.25) is 0 Å². The number of esters is 1. The van der Waals surface area contributed by atoms with Crippen LogP contribution in [0.1, 0.15) is 32.1 Å². The van der Waals surface area contributed by atoms with Crippen molar-refractivity contribution in [2.24, 2.45) is 0 Å². The van der Waals surface area contributed by atoms with Gasteiger partial charge in [-0.25, -0.2) is 9.59 Å². The molecule has 1 saturated carbocycles. The van der Waals surface area contributed by atoms with Crippen molar-refractivity contribution in [1.29, 1.82) is 0 Å². The van der Waals surface area contributed by atoms with Crippen molar-refractivity contribution >= 4 is 17.9 Å². The number of fused-ring (bicyclic) bond motifs is 1. The number of ether oxygens (including phenoxy) is 3. The molecule has 8 nitrogen and oxygen atoms in total. The normalized spacial score (nSPS) is 19.3. The summed E-state index contributed by atoms with van der Waals surface area (Å²) in [5.74, 6) is -0.420. The SMILES string of the molecule is O=C(COC(=O)[C@H]1COc2ccccc2O1)NC(=O)NC1CCCCC1. The van der Waals surface area contributed by atoms with Crippen LogP contribution in [0.25, 0.3) is 0 Å². The molecule has 2 aliphatic rings. The Bertz CT molecular complexity index is 671. The second kappa shape index (κ2) is 8.55. The van der Waals surface area contributed by atoms with Gasteiger partial charge in [0.15, 0.2) is 18.1 Å². The minimum Gasteiger partial charge on any atom is -0.485 e. The Kier molecular flexibility index (Phi) is 5.93. The van der Waals surface area contributed by atoms with Crippen molar-refractivity contribution in [2.45, 2.75) is 44.2 Å². The zero-order valence-electron chi connectivity index (χ0n) is 14.4. The monoisotopic (exact) mass is 362 g/mol. The molecule has 1 heterocycles. The molecule has 26 heavy (non-hydrogen) atoms. The maximum Gasteiger partial charge on any atom is 0.351 e. The minimum absolute atomic E-state index is 0.000365. The Morgan fingerprint density at radius 3 is 2.58 bits per heavy atom. The second-order valence-corrected chi connectivity index (χ2v) is 6.33. The van der Waals surface area contributed by atoms with E-state index in [-0.39, 0.29) is 12.6 Å². The molecule has 0 unspecified atom stereocenters. The molecule has 1 aromatic carbocycles. The number of hydrogen-bond acceptors (Lipinski definition) is 6. The number of amides is 3. The van der Waals surface area contributed by atoms with Gasteiger partial charge in [0.2, 0.25) is 6.10 Å². The molecule has 0 radical (unpaired) electrons. The molecule has 140 valence electrons. The maximum absolute atomic E-state index is 12.0. The first-order valence-corrected chi connectivity index (χ1v) is 8.77. The molecule has 1 aliphatic heterocycles. The Morgan fingerprint density at radius 1 is 1.08 bits per heavy atom. The largest absolute Gasteiger partial charge is 0.485 e. The van der Waals surface area contributed by atoms with Crippen molar-refractivity contribution in [3.63, 3.8) is 0 Å². The topological polar surface area (TPSA) is 103 Å². The molecule has 3 rings (SSSR count). The summed E-state index contributed by atoms with van der Waals surface area (Å²) in [6.07, 6.45) is 4.20. The van der Waals surface area contributed by atoms with Crippen LogP contribution in [0, 0.1) is 0 Å². The number of benzene rings is 1. The first-order chi connectivity index (χ1) is 12.6. The van der Waals surface area contributed by atoms with Gasteiger partial charge in [-0.15, -0.1) is 0 Å². The van der Waals surface area contributed by atoms with E-state index in [1.165, 1.54) is 6.42 Å². The van der Waals surface area contributed by atoms with Gasteiger partial charge in [-0.3, -0.25) is 10.1 Å². The highest BCUT2D eigenvalue weighted by Crippen LogP contribution is 2.31. The molecule has 0 bridgehead atoms. The van der Waals surface area contributed by atoms with Crippen molar-refractivity contribution in [3.05, 3.63) is 24.3 Å². The predicted molar refractivity (Wildman–Crippen MR) is 90.9 cm³/mol. The second-order valence-electron chi connectivity index (χ2n) is 6.33. The lowest BCUT2D eigenvalue weighted by Gasteiger charge is -2.25. The van der Waals surface area contributed by atoms with Gasteiger partial charge in [0.25, 0.3) is 5.91 Å². The summed E-state index contributed by atoms with van der Waals surface area (Å²) >= 11 is 0. The summed E-state index contributed by atoms with van der Waals surface area (Å²) in [5, 5.41) is 4.92. The standard InChI is InChI=1S/C18H22N2O6/c21-16(20-18(23)19-12-6-2-1-3-7-12)11-25-17(22)15-10-24-13-8-4-5-9-14(13)26-15/h4-5,8-9,12,15H,1-3,6-7,10-11H2,(H2,19,20,21,23)/t15-/m1/s1. The fourth-order valence-electron chi connectivity index (χ4n) is 3.00. The number of nitrogens with one attached hydrogen (secondary N) is 2. The van der Waals surface area contributed by atoms with Gasteiger partial charge in [-0.05, 0) is 25.0 Å². The van der Waals surface area contributed by atoms with Crippen molar-refractivity contribution in [2.75, 3.05) is 13.2 Å². The number of rotatable bonds is 4. The van der Waals surface area contributed by atoms with Gasteiger partial charge >= 0.3 is 12.0 Å². The first-order valence-electron chi connectivity index (χ1n) is 8.77. The molecule has 2 N–H and O–H groups in total. The van der Waals surface area contributed by atoms with Gasteiger partial charge in [0.1, 0.15) is 6.61 Å². The molecule has 1 fully saturated rings. The van der Waals surface area contributed by atoms with Gasteiger partial charge < -0.3 is 19.5 Å². The number of carbonyl (C=O) groups is 3. The lowest BCUT2D eigenvalue weighted by atomic mass is 9.96. The smallest absolute Gasteiger partial charge is 0.351 e. The molecule has 0 saturated heterocycles. The molecule has 1 aromatic rings. The third kappa shape index (κ3) is 4.87. The van der Waals surface area contributed by atoms with E-state index in [1.54, 1.807) is 24.3 Å². The van der Waals surface area contributed by atoms with Gasteiger partial charge in [-0.1, -0.05) is 31.4 Å². The molecule has 8 heteroatoms. The summed E-state index contributed by atoms with van der Waals surface area (Å²) in [7, 11) is 0. The Balaban J connectivity index is 1.38. The highest BCUT2D eigenvalue weighted by atomic mass is 16.6. The number of imide groups is 1. The van der Waals surface area contributed by atoms with Crippen molar-refractivity contribution in [3.8, 4) is 11.5 Å². The number of urea groups is 1. The van der Waals surface area contributed by atoms with Crippen LogP contribution in [-0.4, -0.2) is 43.3 Å². The van der Waals surface area contributed by atoms with E-state index in [9.17, 15) is 14.4 Å². The zero-order valence-corrected chi connectivity index (χ0v) is 14.4. The van der Waals surface area contributed by atoms with Crippen LogP contribution in [0.5, 0.6) is 11.5 Å². The van der Waals surface area contributed by atoms with Gasteiger partial charge in [0, 0.05) is 6.04 Å². The van der Waals surface area contributed by atoms with Crippen molar-refractivity contribution in [1.82, 2.24) is 10.6 Å². The highest BCUT2D eigenvalue weighted by Gasteiger charge is 2.29. The van der Waals surface area contributed by atoms with Crippen LogP contribution >= 0.6 is 0 Å². The molecule has 3 amide bonds. The summed E-state index contributed by atoms with van der Waals surface area (Å²) in [4.78, 5) is 35.5. The fourth-order valence-corrected chi connectivity index (χ4v) is 3.00. The fraction of sp³-hybridized carbons (Fsp3) is 0.500. The van der Waals surface area contributed by atoms with E-state index in [1.807, 2.05) is 0 Å². The predicted octanol–water partition coefficient (Wildman–Crippen LogP) is 1.53. The maximum atomic E-state index is 12.0. The van der Waals surface area contributed by atoms with E-state index < -0.39 is 30.6 Å². The quantitative estimate of drug-likeness (QED) is 0.788.